The van der Waals surface area contributed by atoms with Crippen molar-refractivity contribution in [3.8, 4) is 0 Å². The molecule has 1 atom stereocenters. The molecule has 0 N–H and O–H groups in total. The maximum atomic E-state index is 11.6. The average molecular weight is 213 g/mol. The van der Waals surface area contributed by atoms with E-state index in [4.69, 9.17) is 4.74 Å². The van der Waals surface area contributed by atoms with E-state index in [9.17, 15) is 9.59 Å². The van der Waals surface area contributed by atoms with Crippen LogP contribution in [-0.2, 0) is 9.53 Å². The van der Waals surface area contributed by atoms with Crippen molar-refractivity contribution >= 4 is 11.9 Å². The Hall–Kier alpha value is -1.06. The summed E-state index contributed by atoms with van der Waals surface area (Å²) in [6, 6.07) is 0. The van der Waals surface area contributed by atoms with E-state index in [-0.39, 0.29) is 17.8 Å². The topological polar surface area (TPSA) is 46.6 Å². The molecule has 0 aromatic heterocycles. The lowest BCUT2D eigenvalue weighted by Gasteiger charge is -2.24. The van der Waals surface area contributed by atoms with Gasteiger partial charge in [0.05, 0.1) is 0 Å². The number of likely N-dealkylation sites (tertiary alicyclic amines) is 1. The number of rotatable bonds is 1. The molecule has 1 aliphatic rings. The van der Waals surface area contributed by atoms with Crippen molar-refractivity contribution < 1.29 is 14.3 Å². The highest BCUT2D eigenvalue weighted by Gasteiger charge is 2.31. The first-order valence-corrected chi connectivity index (χ1v) is 5.28. The van der Waals surface area contributed by atoms with Gasteiger partial charge in [-0.15, -0.1) is 0 Å². The third-order valence-corrected chi connectivity index (χ3v) is 2.41. The molecule has 4 heteroatoms. The molecule has 0 aliphatic carbocycles. The normalized spacial score (nSPS) is 21.6. The maximum absolute atomic E-state index is 11.6. The number of carbonyl (C=O) groups is 2. The van der Waals surface area contributed by atoms with Gasteiger partial charge in [0.1, 0.15) is 11.4 Å². The number of ketones is 1. The molecule has 0 aromatic rings. The van der Waals surface area contributed by atoms with E-state index >= 15 is 0 Å². The Morgan fingerprint density at radius 1 is 1.33 bits per heavy atom. The van der Waals surface area contributed by atoms with Crippen LogP contribution in [0.4, 0.5) is 4.79 Å². The zero-order valence-electron chi connectivity index (χ0n) is 9.87. The molecule has 0 bridgehead atoms. The third kappa shape index (κ3) is 3.53. The molecule has 0 radical (unpaired) electrons. The fourth-order valence-corrected chi connectivity index (χ4v) is 1.58. The average Bonchev–Trinajstić information content (AvgIpc) is 2.47. The van der Waals surface area contributed by atoms with Gasteiger partial charge < -0.3 is 9.64 Å². The van der Waals surface area contributed by atoms with Gasteiger partial charge in [0.2, 0.25) is 0 Å². The zero-order chi connectivity index (χ0) is 11.6. The molecule has 0 saturated carbocycles. The van der Waals surface area contributed by atoms with Crippen molar-refractivity contribution in [3.63, 3.8) is 0 Å². The Labute approximate surface area is 90.6 Å². The van der Waals surface area contributed by atoms with Gasteiger partial charge in [-0.05, 0) is 34.1 Å². The van der Waals surface area contributed by atoms with Crippen molar-refractivity contribution in [1.82, 2.24) is 4.90 Å². The summed E-state index contributed by atoms with van der Waals surface area (Å²) in [6.45, 7) is 8.21. The minimum atomic E-state index is -0.467. The largest absolute Gasteiger partial charge is 0.444 e. The van der Waals surface area contributed by atoms with Crippen LogP contribution < -0.4 is 0 Å². The van der Waals surface area contributed by atoms with E-state index in [1.54, 1.807) is 11.8 Å². The quantitative estimate of drug-likeness (QED) is 0.667. The summed E-state index contributed by atoms with van der Waals surface area (Å²) in [5, 5.41) is 0. The molecule has 0 aromatic carbocycles. The van der Waals surface area contributed by atoms with Crippen molar-refractivity contribution in [1.29, 1.82) is 0 Å². The number of ether oxygens (including phenoxy) is 1. The predicted molar refractivity (Wildman–Crippen MR) is 56.6 cm³/mol. The molecule has 86 valence electrons. The minimum Gasteiger partial charge on any atom is -0.444 e. The fraction of sp³-hybridized carbons (Fsp3) is 0.818. The van der Waals surface area contributed by atoms with E-state index in [1.165, 1.54) is 0 Å². The molecule has 1 fully saturated rings. The monoisotopic (exact) mass is 213 g/mol. The summed E-state index contributed by atoms with van der Waals surface area (Å²) in [7, 11) is 0. The molecule has 4 nitrogen and oxygen atoms in total. The van der Waals surface area contributed by atoms with Crippen molar-refractivity contribution in [2.24, 2.45) is 5.92 Å². The third-order valence-electron chi connectivity index (χ3n) is 2.41. The fourth-order valence-electron chi connectivity index (χ4n) is 1.58. The van der Waals surface area contributed by atoms with E-state index in [0.29, 0.717) is 13.1 Å². The summed E-state index contributed by atoms with van der Waals surface area (Å²) in [5.41, 5.74) is -0.467. The predicted octanol–water partition coefficient (Wildman–Crippen LogP) is 1.83. The lowest BCUT2D eigenvalue weighted by Crippen LogP contribution is -2.35. The second kappa shape index (κ2) is 4.21. The molecular weight excluding hydrogens is 194 g/mol. The van der Waals surface area contributed by atoms with Crippen LogP contribution in [0.1, 0.15) is 34.1 Å². The summed E-state index contributed by atoms with van der Waals surface area (Å²) in [4.78, 5) is 24.4. The van der Waals surface area contributed by atoms with Gasteiger partial charge >= 0.3 is 6.09 Å². The summed E-state index contributed by atoms with van der Waals surface area (Å²) in [6.07, 6.45) is 0.445. The number of Topliss-reactive ketones (excluding diaryl/α,β-unsaturated/α-hetero) is 1. The first-order chi connectivity index (χ1) is 6.79. The molecule has 15 heavy (non-hydrogen) atoms. The van der Waals surface area contributed by atoms with Crippen LogP contribution in [0.5, 0.6) is 0 Å². The van der Waals surface area contributed by atoms with Crippen LogP contribution in [-0.4, -0.2) is 35.5 Å². The van der Waals surface area contributed by atoms with Crippen molar-refractivity contribution in [2.75, 3.05) is 13.1 Å². The Kier molecular flexibility index (Phi) is 3.37. The highest BCUT2D eigenvalue weighted by atomic mass is 16.6. The molecule has 1 heterocycles. The zero-order valence-corrected chi connectivity index (χ0v) is 9.87. The van der Waals surface area contributed by atoms with Crippen LogP contribution >= 0.6 is 0 Å². The van der Waals surface area contributed by atoms with Gasteiger partial charge in [0.15, 0.2) is 0 Å². The standard InChI is InChI=1S/C11H19NO3/c1-8(13)9-5-6-12(7-9)10(14)15-11(2,3)4/h9H,5-7H2,1-4H3/t9-/m0/s1. The van der Waals surface area contributed by atoms with E-state index in [1.807, 2.05) is 20.8 Å². The number of hydrogen-bond acceptors (Lipinski definition) is 3. The molecule has 0 spiro atoms. The number of hydrogen-bond donors (Lipinski definition) is 0. The number of amides is 1. The van der Waals surface area contributed by atoms with E-state index in [2.05, 4.69) is 0 Å². The van der Waals surface area contributed by atoms with Gasteiger partial charge in [-0.25, -0.2) is 4.79 Å². The summed E-state index contributed by atoms with van der Waals surface area (Å²) < 4.78 is 5.23. The molecule has 1 aliphatic heterocycles. The molecule has 0 unspecified atom stereocenters. The smallest absolute Gasteiger partial charge is 0.410 e. The number of nitrogens with zero attached hydrogens (tertiary/aromatic N) is 1. The molecule has 1 rings (SSSR count). The van der Waals surface area contributed by atoms with Crippen LogP contribution in [0.2, 0.25) is 0 Å². The van der Waals surface area contributed by atoms with Crippen LogP contribution in [0.3, 0.4) is 0 Å². The van der Waals surface area contributed by atoms with Crippen molar-refractivity contribution in [3.05, 3.63) is 0 Å². The van der Waals surface area contributed by atoms with Gasteiger partial charge in [0.25, 0.3) is 0 Å². The van der Waals surface area contributed by atoms with Gasteiger partial charge in [-0.1, -0.05) is 0 Å². The number of carbonyl (C=O) groups excluding carboxylic acids is 2. The Balaban J connectivity index is 2.47. The second-order valence-corrected chi connectivity index (χ2v) is 5.02. The molecule has 1 saturated heterocycles. The molecule has 1 amide bonds. The lowest BCUT2D eigenvalue weighted by molar-refractivity contribution is -0.120. The Morgan fingerprint density at radius 2 is 1.93 bits per heavy atom. The first-order valence-electron chi connectivity index (χ1n) is 5.28. The van der Waals surface area contributed by atoms with Gasteiger partial charge in [0, 0.05) is 19.0 Å². The van der Waals surface area contributed by atoms with Crippen LogP contribution in [0.25, 0.3) is 0 Å². The summed E-state index contributed by atoms with van der Waals surface area (Å²) in [5.74, 6) is 0.151. The van der Waals surface area contributed by atoms with Crippen molar-refractivity contribution in [2.45, 2.75) is 39.7 Å². The van der Waals surface area contributed by atoms with Gasteiger partial charge in [-0.2, -0.15) is 0 Å². The Morgan fingerprint density at radius 3 is 2.33 bits per heavy atom. The SMILES string of the molecule is CC(=O)[C@H]1CCN(C(=O)OC(C)(C)C)C1. The van der Waals surface area contributed by atoms with Crippen LogP contribution in [0.15, 0.2) is 0 Å². The highest BCUT2D eigenvalue weighted by Crippen LogP contribution is 2.19. The molecular formula is C11H19NO3. The Bertz CT molecular complexity index is 267. The maximum Gasteiger partial charge on any atom is 0.410 e. The van der Waals surface area contributed by atoms with E-state index in [0.717, 1.165) is 6.42 Å². The summed E-state index contributed by atoms with van der Waals surface area (Å²) >= 11 is 0. The van der Waals surface area contributed by atoms with Crippen LogP contribution in [0, 0.1) is 5.92 Å². The first kappa shape index (κ1) is 12.0. The second-order valence-electron chi connectivity index (χ2n) is 5.02. The van der Waals surface area contributed by atoms with E-state index < -0.39 is 5.60 Å². The highest BCUT2D eigenvalue weighted by molar-refractivity contribution is 5.80. The van der Waals surface area contributed by atoms with Gasteiger partial charge in [-0.3, -0.25) is 4.79 Å². The lowest BCUT2D eigenvalue weighted by atomic mass is 10.1. The minimum absolute atomic E-state index is 0.00230.